The molecule has 1 atom stereocenters. The zero-order valence-corrected chi connectivity index (χ0v) is 9.60. The van der Waals surface area contributed by atoms with Gasteiger partial charge < -0.3 is 19.1 Å². The number of benzene rings is 1. The molecule has 2 heterocycles. The van der Waals surface area contributed by atoms with Gasteiger partial charge in [0.25, 0.3) is 0 Å². The van der Waals surface area contributed by atoms with Crippen LogP contribution in [0.4, 0.5) is 4.39 Å². The Kier molecular flexibility index (Phi) is 2.79. The van der Waals surface area contributed by atoms with Crippen LogP contribution in [-0.4, -0.2) is 43.4 Å². The number of nitrogens with zero attached hydrogens (tertiary/aromatic N) is 1. The molecule has 1 saturated heterocycles. The molecule has 2 aliphatic rings. The molecule has 2 aliphatic heterocycles. The Hall–Kier alpha value is -1.82. The summed E-state index contributed by atoms with van der Waals surface area (Å²) in [6, 6.07) is 3.93. The van der Waals surface area contributed by atoms with E-state index in [0.717, 1.165) is 0 Å². The molecule has 0 bridgehead atoms. The van der Waals surface area contributed by atoms with Crippen LogP contribution in [0.1, 0.15) is 0 Å². The predicted molar refractivity (Wildman–Crippen MR) is 58.8 cm³/mol. The lowest BCUT2D eigenvalue weighted by atomic mass is 10.3. The number of carbonyl (C=O) groups is 1. The summed E-state index contributed by atoms with van der Waals surface area (Å²) < 4.78 is 28.8. The van der Waals surface area contributed by atoms with Gasteiger partial charge in [0, 0.05) is 19.2 Å². The van der Waals surface area contributed by atoms with E-state index in [2.05, 4.69) is 0 Å². The van der Waals surface area contributed by atoms with Crippen LogP contribution in [-0.2, 0) is 9.53 Å². The lowest BCUT2D eigenvalue weighted by molar-refractivity contribution is -0.152. The molecule has 0 spiro atoms. The Morgan fingerprint density at radius 1 is 1.22 bits per heavy atom. The van der Waals surface area contributed by atoms with Crippen molar-refractivity contribution in [3.05, 3.63) is 24.0 Å². The highest BCUT2D eigenvalue weighted by atomic mass is 19.1. The molecule has 5 nitrogen and oxygen atoms in total. The van der Waals surface area contributed by atoms with E-state index in [-0.39, 0.29) is 11.7 Å². The van der Waals surface area contributed by atoms with Gasteiger partial charge in [-0.3, -0.25) is 4.79 Å². The van der Waals surface area contributed by atoms with Gasteiger partial charge in [-0.05, 0) is 12.1 Å². The van der Waals surface area contributed by atoms with Crippen molar-refractivity contribution >= 4 is 5.91 Å². The van der Waals surface area contributed by atoms with Crippen molar-refractivity contribution < 1.29 is 23.4 Å². The van der Waals surface area contributed by atoms with E-state index in [9.17, 15) is 9.18 Å². The quantitative estimate of drug-likeness (QED) is 0.742. The summed E-state index contributed by atoms with van der Waals surface area (Å²) in [4.78, 5) is 13.7. The van der Waals surface area contributed by atoms with Gasteiger partial charge in [0.1, 0.15) is 5.82 Å². The third-order valence-corrected chi connectivity index (χ3v) is 2.90. The number of hydrogen-bond donors (Lipinski definition) is 0. The lowest BCUT2D eigenvalue weighted by Crippen LogP contribution is -2.48. The van der Waals surface area contributed by atoms with Crippen molar-refractivity contribution in [2.45, 2.75) is 6.29 Å². The summed E-state index contributed by atoms with van der Waals surface area (Å²) in [5.41, 5.74) is 0. The number of carbonyl (C=O) groups excluding carboxylic acids is 1. The Morgan fingerprint density at radius 2 is 1.94 bits per heavy atom. The minimum atomic E-state index is -1.01. The van der Waals surface area contributed by atoms with Crippen molar-refractivity contribution in [2.24, 2.45) is 0 Å². The summed E-state index contributed by atoms with van der Waals surface area (Å²) in [7, 11) is 0. The standard InChI is InChI=1S/C12H12FNO4/c13-8-1-2-9-10(7-8)18-12(17-9)11(15)14-3-5-16-6-4-14/h1-2,7,12H,3-6H2. The molecule has 1 amide bonds. The Balaban J connectivity index is 1.71. The number of ether oxygens (including phenoxy) is 3. The van der Waals surface area contributed by atoms with Crippen LogP contribution in [0.3, 0.4) is 0 Å². The summed E-state index contributed by atoms with van der Waals surface area (Å²) >= 11 is 0. The van der Waals surface area contributed by atoms with E-state index >= 15 is 0 Å². The van der Waals surface area contributed by atoms with Gasteiger partial charge in [0.15, 0.2) is 11.5 Å². The van der Waals surface area contributed by atoms with Crippen molar-refractivity contribution in [2.75, 3.05) is 26.3 Å². The van der Waals surface area contributed by atoms with Crippen LogP contribution in [0.2, 0.25) is 0 Å². The van der Waals surface area contributed by atoms with Crippen LogP contribution >= 0.6 is 0 Å². The van der Waals surface area contributed by atoms with Gasteiger partial charge in [-0.15, -0.1) is 0 Å². The zero-order valence-electron chi connectivity index (χ0n) is 9.60. The minimum Gasteiger partial charge on any atom is -0.442 e. The number of amides is 1. The molecule has 1 aromatic carbocycles. The third-order valence-electron chi connectivity index (χ3n) is 2.90. The van der Waals surface area contributed by atoms with Crippen LogP contribution in [0.15, 0.2) is 18.2 Å². The molecular formula is C12H12FNO4. The van der Waals surface area contributed by atoms with E-state index in [1.54, 1.807) is 4.90 Å². The predicted octanol–water partition coefficient (Wildman–Crippen LogP) is 0.782. The largest absolute Gasteiger partial charge is 0.442 e. The molecule has 3 rings (SSSR count). The number of halogens is 1. The molecule has 6 heteroatoms. The monoisotopic (exact) mass is 253 g/mol. The number of rotatable bonds is 1. The van der Waals surface area contributed by atoms with E-state index in [4.69, 9.17) is 14.2 Å². The molecule has 1 fully saturated rings. The Labute approximate surface area is 103 Å². The van der Waals surface area contributed by atoms with Gasteiger partial charge in [-0.2, -0.15) is 0 Å². The topological polar surface area (TPSA) is 48.0 Å². The maximum Gasteiger partial charge on any atom is 0.321 e. The second-order valence-corrected chi connectivity index (χ2v) is 4.10. The number of hydrogen-bond acceptors (Lipinski definition) is 4. The highest BCUT2D eigenvalue weighted by Gasteiger charge is 2.34. The van der Waals surface area contributed by atoms with Gasteiger partial charge >= 0.3 is 12.2 Å². The molecule has 18 heavy (non-hydrogen) atoms. The fraction of sp³-hybridized carbons (Fsp3) is 0.417. The summed E-state index contributed by atoms with van der Waals surface area (Å²) in [6.07, 6.45) is -1.01. The maximum atomic E-state index is 13.0. The van der Waals surface area contributed by atoms with Crippen molar-refractivity contribution in [1.82, 2.24) is 4.90 Å². The van der Waals surface area contributed by atoms with Crippen LogP contribution in [0, 0.1) is 5.82 Å². The van der Waals surface area contributed by atoms with Crippen LogP contribution in [0.5, 0.6) is 11.5 Å². The third kappa shape index (κ3) is 1.99. The fourth-order valence-corrected chi connectivity index (χ4v) is 1.96. The summed E-state index contributed by atoms with van der Waals surface area (Å²) in [5, 5.41) is 0. The summed E-state index contributed by atoms with van der Waals surface area (Å²) in [5.74, 6) is -0.0173. The lowest BCUT2D eigenvalue weighted by Gasteiger charge is -2.28. The zero-order chi connectivity index (χ0) is 12.5. The molecule has 0 radical (unpaired) electrons. The van der Waals surface area contributed by atoms with Gasteiger partial charge in [0.2, 0.25) is 0 Å². The number of morpholine rings is 1. The van der Waals surface area contributed by atoms with E-state index in [1.165, 1.54) is 18.2 Å². The average Bonchev–Trinajstić information content (AvgIpc) is 2.81. The fourth-order valence-electron chi connectivity index (χ4n) is 1.96. The van der Waals surface area contributed by atoms with Crippen LogP contribution < -0.4 is 9.47 Å². The highest BCUT2D eigenvalue weighted by molar-refractivity contribution is 5.81. The van der Waals surface area contributed by atoms with Crippen molar-refractivity contribution in [3.63, 3.8) is 0 Å². The van der Waals surface area contributed by atoms with E-state index < -0.39 is 12.1 Å². The molecule has 96 valence electrons. The van der Waals surface area contributed by atoms with Gasteiger partial charge in [-0.25, -0.2) is 4.39 Å². The number of fused-ring (bicyclic) bond motifs is 1. The normalized spacial score (nSPS) is 22.1. The minimum absolute atomic E-state index is 0.255. The first-order valence-electron chi connectivity index (χ1n) is 5.73. The Bertz CT molecular complexity index is 473. The smallest absolute Gasteiger partial charge is 0.321 e. The molecule has 1 unspecified atom stereocenters. The van der Waals surface area contributed by atoms with Crippen molar-refractivity contribution in [3.8, 4) is 11.5 Å². The Morgan fingerprint density at radius 3 is 2.72 bits per heavy atom. The van der Waals surface area contributed by atoms with Gasteiger partial charge in [-0.1, -0.05) is 0 Å². The first-order valence-corrected chi connectivity index (χ1v) is 5.73. The second kappa shape index (κ2) is 4.45. The molecule has 0 aliphatic carbocycles. The average molecular weight is 253 g/mol. The van der Waals surface area contributed by atoms with E-state index in [1.807, 2.05) is 0 Å². The SMILES string of the molecule is O=C(C1Oc2ccc(F)cc2O1)N1CCOCC1. The second-order valence-electron chi connectivity index (χ2n) is 4.10. The van der Waals surface area contributed by atoms with E-state index in [0.29, 0.717) is 32.1 Å². The molecule has 1 aromatic rings. The molecule has 0 N–H and O–H groups in total. The summed E-state index contributed by atoms with van der Waals surface area (Å²) in [6.45, 7) is 2.07. The molecule has 0 saturated carbocycles. The maximum absolute atomic E-state index is 13.0. The van der Waals surface area contributed by atoms with Crippen LogP contribution in [0.25, 0.3) is 0 Å². The molecule has 0 aromatic heterocycles. The highest BCUT2D eigenvalue weighted by Crippen LogP contribution is 2.35. The molecular weight excluding hydrogens is 241 g/mol. The van der Waals surface area contributed by atoms with Gasteiger partial charge in [0.05, 0.1) is 13.2 Å². The van der Waals surface area contributed by atoms with Crippen molar-refractivity contribution in [1.29, 1.82) is 0 Å². The first kappa shape index (κ1) is 11.3. The first-order chi connectivity index (χ1) is 8.74.